The largest absolute Gasteiger partial charge is 0.354 e. The summed E-state index contributed by atoms with van der Waals surface area (Å²) in [6.07, 6.45) is 2.53. The molecule has 2 saturated heterocycles. The van der Waals surface area contributed by atoms with Crippen LogP contribution in [0.3, 0.4) is 0 Å². The van der Waals surface area contributed by atoms with Crippen LogP contribution in [0.1, 0.15) is 34.3 Å². The van der Waals surface area contributed by atoms with Crippen LogP contribution in [0.5, 0.6) is 0 Å². The van der Waals surface area contributed by atoms with E-state index in [1.807, 2.05) is 25.1 Å². The molecule has 2 aromatic carbocycles. The van der Waals surface area contributed by atoms with Crippen molar-refractivity contribution in [2.45, 2.75) is 43.4 Å². The molecular weight excluding hydrogens is 466 g/mol. The fourth-order valence-corrected chi connectivity index (χ4v) is 6.12. The smallest absolute Gasteiger partial charge is 0.251 e. The van der Waals surface area contributed by atoms with E-state index in [9.17, 15) is 18.0 Å². The van der Waals surface area contributed by atoms with Crippen LogP contribution in [0.25, 0.3) is 0 Å². The van der Waals surface area contributed by atoms with Crippen molar-refractivity contribution in [3.8, 4) is 0 Å². The second-order valence-corrected chi connectivity index (χ2v) is 11.0. The van der Waals surface area contributed by atoms with E-state index in [0.29, 0.717) is 31.5 Å². The lowest BCUT2D eigenvalue weighted by molar-refractivity contribution is -0.120. The normalized spacial score (nSPS) is 22.3. The fourth-order valence-electron chi connectivity index (χ4n) is 4.65. The van der Waals surface area contributed by atoms with Crippen molar-refractivity contribution < 1.29 is 22.7 Å². The molecule has 0 aliphatic carbocycles. The molecule has 2 heterocycles. The molecule has 2 aromatic rings. The molecule has 3 atom stereocenters. The quantitative estimate of drug-likeness (QED) is 0.545. The number of carbonyl (C=O) groups is 2. The lowest BCUT2D eigenvalue weighted by Crippen LogP contribution is -2.45. The average molecular weight is 498 g/mol. The van der Waals surface area contributed by atoms with Gasteiger partial charge in [-0.2, -0.15) is 4.31 Å². The van der Waals surface area contributed by atoms with E-state index in [-0.39, 0.29) is 35.3 Å². The molecule has 2 fully saturated rings. The van der Waals surface area contributed by atoms with Crippen LogP contribution < -0.4 is 10.6 Å². The van der Waals surface area contributed by atoms with Gasteiger partial charge in [-0.3, -0.25) is 9.59 Å². The lowest BCUT2D eigenvalue weighted by atomic mass is 9.94. The van der Waals surface area contributed by atoms with Gasteiger partial charge in [-0.1, -0.05) is 36.4 Å². The van der Waals surface area contributed by atoms with E-state index in [1.165, 1.54) is 40.2 Å². The molecule has 8 nitrogen and oxygen atoms in total. The van der Waals surface area contributed by atoms with Gasteiger partial charge < -0.3 is 15.4 Å². The Morgan fingerprint density at radius 1 is 1.20 bits per heavy atom. The van der Waals surface area contributed by atoms with Gasteiger partial charge in [0.1, 0.15) is 6.23 Å². The standard InChI is InChI=1S/C26H31N3O5S/c1-3-24(30)28-25-16-21-12-14-29(17-23(21)34-25)35(32,33)22-9-7-20(8-10-22)26(31)27-13-11-19-6-4-5-18(2)15-19/h3-10,15,21,23,25H,1,11-14,16-17H2,2H3,(H,27,31)(H,28,30). The topological polar surface area (TPSA) is 105 Å². The van der Waals surface area contributed by atoms with Crippen molar-refractivity contribution in [2.75, 3.05) is 19.6 Å². The average Bonchev–Trinajstić information content (AvgIpc) is 3.25. The number of hydrogen-bond acceptors (Lipinski definition) is 5. The van der Waals surface area contributed by atoms with Gasteiger partial charge in [0.25, 0.3) is 5.91 Å². The third-order valence-electron chi connectivity index (χ3n) is 6.54. The molecule has 2 aliphatic heterocycles. The highest BCUT2D eigenvalue weighted by atomic mass is 32.2. The number of sulfonamides is 1. The predicted octanol–water partition coefficient (Wildman–Crippen LogP) is 2.40. The van der Waals surface area contributed by atoms with E-state index < -0.39 is 16.3 Å². The fraction of sp³-hybridized carbons (Fsp3) is 0.385. The second kappa shape index (κ2) is 10.7. The molecule has 0 saturated carbocycles. The number of benzene rings is 2. The van der Waals surface area contributed by atoms with Gasteiger partial charge in [0.15, 0.2) is 0 Å². The predicted molar refractivity (Wildman–Crippen MR) is 132 cm³/mol. The maximum atomic E-state index is 13.2. The van der Waals surface area contributed by atoms with Gasteiger partial charge in [0, 0.05) is 25.2 Å². The van der Waals surface area contributed by atoms with E-state index in [4.69, 9.17) is 4.74 Å². The molecule has 3 unspecified atom stereocenters. The van der Waals surface area contributed by atoms with E-state index in [1.54, 1.807) is 0 Å². The lowest BCUT2D eigenvalue weighted by Gasteiger charge is -2.33. The zero-order valence-corrected chi connectivity index (χ0v) is 20.6. The van der Waals surface area contributed by atoms with Crippen molar-refractivity contribution in [1.82, 2.24) is 14.9 Å². The van der Waals surface area contributed by atoms with Crippen molar-refractivity contribution in [1.29, 1.82) is 0 Å². The van der Waals surface area contributed by atoms with Crippen LogP contribution in [0.15, 0.2) is 66.1 Å². The number of rotatable bonds is 8. The Morgan fingerprint density at radius 3 is 2.69 bits per heavy atom. The minimum Gasteiger partial charge on any atom is -0.354 e. The molecule has 0 radical (unpaired) electrons. The van der Waals surface area contributed by atoms with E-state index >= 15 is 0 Å². The Hall–Kier alpha value is -3.01. The number of fused-ring (bicyclic) bond motifs is 1. The summed E-state index contributed by atoms with van der Waals surface area (Å²) < 4.78 is 33.7. The first-order valence-corrected chi connectivity index (χ1v) is 13.2. The number of hydrogen-bond donors (Lipinski definition) is 2. The third-order valence-corrected chi connectivity index (χ3v) is 8.42. The Labute approximate surface area is 206 Å². The van der Waals surface area contributed by atoms with Crippen molar-refractivity contribution in [3.63, 3.8) is 0 Å². The molecule has 2 N–H and O–H groups in total. The Balaban J connectivity index is 1.33. The first-order valence-electron chi connectivity index (χ1n) is 11.8. The zero-order chi connectivity index (χ0) is 25.0. The number of aryl methyl sites for hydroxylation is 1. The number of piperidine rings is 1. The minimum atomic E-state index is -3.73. The first-order chi connectivity index (χ1) is 16.8. The van der Waals surface area contributed by atoms with Crippen LogP contribution in [0.4, 0.5) is 0 Å². The number of nitrogens with zero attached hydrogens (tertiary/aromatic N) is 1. The highest BCUT2D eigenvalue weighted by Crippen LogP contribution is 2.34. The molecule has 0 spiro atoms. The highest BCUT2D eigenvalue weighted by Gasteiger charge is 2.42. The van der Waals surface area contributed by atoms with Crippen molar-refractivity contribution in [2.24, 2.45) is 5.92 Å². The summed E-state index contributed by atoms with van der Waals surface area (Å²) in [5, 5.41) is 5.61. The maximum absolute atomic E-state index is 13.2. The number of nitrogens with one attached hydrogen (secondary N) is 2. The van der Waals surface area contributed by atoms with Crippen molar-refractivity contribution in [3.05, 3.63) is 77.9 Å². The molecule has 4 rings (SSSR count). The molecule has 0 aromatic heterocycles. The van der Waals surface area contributed by atoms with Gasteiger partial charge in [-0.15, -0.1) is 0 Å². The second-order valence-electron chi connectivity index (χ2n) is 9.04. The van der Waals surface area contributed by atoms with Gasteiger partial charge in [-0.05, 0) is 68.0 Å². The zero-order valence-electron chi connectivity index (χ0n) is 19.8. The third kappa shape index (κ3) is 5.98. The Bertz CT molecular complexity index is 1200. The SMILES string of the molecule is C=CC(=O)NC1CC2CCN(S(=O)(=O)c3ccc(C(=O)NCCc4cccc(C)c4)cc3)CC2O1. The molecule has 2 amide bonds. The highest BCUT2D eigenvalue weighted by molar-refractivity contribution is 7.89. The Kier molecular flexibility index (Phi) is 7.69. The monoisotopic (exact) mass is 497 g/mol. The summed E-state index contributed by atoms with van der Waals surface area (Å²) >= 11 is 0. The first kappa shape index (κ1) is 25.1. The number of carbonyl (C=O) groups excluding carboxylic acids is 2. The molecular formula is C26H31N3O5S. The van der Waals surface area contributed by atoms with Crippen LogP contribution in [0.2, 0.25) is 0 Å². The van der Waals surface area contributed by atoms with Gasteiger partial charge in [0.05, 0.1) is 11.0 Å². The van der Waals surface area contributed by atoms with Crippen LogP contribution in [0, 0.1) is 12.8 Å². The van der Waals surface area contributed by atoms with Crippen LogP contribution in [-0.2, 0) is 26.0 Å². The molecule has 9 heteroatoms. The summed E-state index contributed by atoms with van der Waals surface area (Å²) in [7, 11) is -3.73. The summed E-state index contributed by atoms with van der Waals surface area (Å²) in [6.45, 7) is 6.58. The molecule has 0 bridgehead atoms. The summed E-state index contributed by atoms with van der Waals surface area (Å²) in [5.41, 5.74) is 2.73. The van der Waals surface area contributed by atoms with Gasteiger partial charge in [-0.25, -0.2) is 8.42 Å². The Morgan fingerprint density at radius 2 is 1.97 bits per heavy atom. The van der Waals surface area contributed by atoms with Crippen molar-refractivity contribution >= 4 is 21.8 Å². The van der Waals surface area contributed by atoms with Crippen LogP contribution >= 0.6 is 0 Å². The number of ether oxygens (including phenoxy) is 1. The molecule has 35 heavy (non-hydrogen) atoms. The summed E-state index contributed by atoms with van der Waals surface area (Å²) in [4.78, 5) is 24.2. The number of amides is 2. The molecule has 2 aliphatic rings. The van der Waals surface area contributed by atoms with E-state index in [0.717, 1.165) is 12.0 Å². The summed E-state index contributed by atoms with van der Waals surface area (Å²) in [6, 6.07) is 14.1. The van der Waals surface area contributed by atoms with Gasteiger partial charge in [0.2, 0.25) is 15.9 Å². The van der Waals surface area contributed by atoms with Crippen LogP contribution in [-0.4, -0.2) is 56.5 Å². The van der Waals surface area contributed by atoms with Gasteiger partial charge >= 0.3 is 0 Å². The maximum Gasteiger partial charge on any atom is 0.251 e. The minimum absolute atomic E-state index is 0.141. The summed E-state index contributed by atoms with van der Waals surface area (Å²) in [5.74, 6) is -0.353. The molecule has 186 valence electrons. The van der Waals surface area contributed by atoms with E-state index in [2.05, 4.69) is 23.3 Å².